The molecule has 0 unspecified atom stereocenters. The minimum atomic E-state index is 0.788. The van der Waals surface area contributed by atoms with Crippen LogP contribution >= 0.6 is 0 Å². The quantitative estimate of drug-likeness (QED) is 0.309. The van der Waals surface area contributed by atoms with Crippen LogP contribution in [0.25, 0.3) is 11.1 Å². The van der Waals surface area contributed by atoms with Gasteiger partial charge in [-0.05, 0) is 66.2 Å². The monoisotopic (exact) mass is 404 g/mol. The van der Waals surface area contributed by atoms with E-state index < -0.39 is 0 Å². The van der Waals surface area contributed by atoms with Crippen LogP contribution in [0.4, 0.5) is 0 Å². The Balaban J connectivity index is 1.39. The zero-order chi connectivity index (χ0) is 21.0. The summed E-state index contributed by atoms with van der Waals surface area (Å²) in [6.45, 7) is 4.55. The molecule has 0 saturated heterocycles. The minimum Gasteiger partial charge on any atom is -0.0654 e. The number of unbranched alkanes of at least 4 members (excludes halogenated alkanes) is 6. The smallest absolute Gasteiger partial charge is 0.0162 e. The highest BCUT2D eigenvalue weighted by atomic mass is 14.3. The van der Waals surface area contributed by atoms with Gasteiger partial charge in [0.15, 0.2) is 0 Å². The summed E-state index contributed by atoms with van der Waals surface area (Å²) >= 11 is 0. The zero-order valence-corrected chi connectivity index (χ0v) is 19.7. The van der Waals surface area contributed by atoms with Gasteiger partial charge in [0.05, 0.1) is 0 Å². The van der Waals surface area contributed by atoms with Crippen molar-refractivity contribution in [1.29, 1.82) is 0 Å². The minimum absolute atomic E-state index is 0.788. The van der Waals surface area contributed by atoms with Crippen molar-refractivity contribution in [2.75, 3.05) is 0 Å². The van der Waals surface area contributed by atoms with Gasteiger partial charge in [0.2, 0.25) is 0 Å². The van der Waals surface area contributed by atoms with Crippen LogP contribution in [0.1, 0.15) is 114 Å². The third-order valence-electron chi connectivity index (χ3n) is 7.27. The van der Waals surface area contributed by atoms with Crippen LogP contribution in [0.15, 0.2) is 48.5 Å². The van der Waals surface area contributed by atoms with Gasteiger partial charge in [-0.25, -0.2) is 0 Å². The predicted molar refractivity (Wildman–Crippen MR) is 133 cm³/mol. The second kappa shape index (κ2) is 13.0. The van der Waals surface area contributed by atoms with Crippen molar-refractivity contribution in [1.82, 2.24) is 0 Å². The van der Waals surface area contributed by atoms with Crippen LogP contribution in [-0.4, -0.2) is 0 Å². The maximum absolute atomic E-state index is 2.40. The molecule has 0 heterocycles. The molecule has 0 amide bonds. The van der Waals surface area contributed by atoms with Crippen LogP contribution in [0.2, 0.25) is 0 Å². The first-order chi connectivity index (χ1) is 14.8. The summed E-state index contributed by atoms with van der Waals surface area (Å²) in [5.74, 6) is 1.79. The molecule has 1 fully saturated rings. The lowest BCUT2D eigenvalue weighted by Crippen LogP contribution is -2.13. The molecule has 3 rings (SSSR count). The summed E-state index contributed by atoms with van der Waals surface area (Å²) in [4.78, 5) is 0. The van der Waals surface area contributed by atoms with Crippen LogP contribution in [0, 0.1) is 5.92 Å². The molecule has 0 nitrogen and oxygen atoms in total. The van der Waals surface area contributed by atoms with Gasteiger partial charge in [0.1, 0.15) is 0 Å². The summed E-state index contributed by atoms with van der Waals surface area (Å²) in [5, 5.41) is 0. The van der Waals surface area contributed by atoms with Crippen LogP contribution in [0.5, 0.6) is 0 Å². The molecular formula is C30H44. The summed E-state index contributed by atoms with van der Waals surface area (Å²) in [7, 11) is 0. The Bertz CT molecular complexity index is 686. The fourth-order valence-corrected chi connectivity index (χ4v) is 5.27. The normalized spacial score (nSPS) is 19.1. The van der Waals surface area contributed by atoms with E-state index in [0.29, 0.717) is 0 Å². The van der Waals surface area contributed by atoms with E-state index in [-0.39, 0.29) is 0 Å². The highest BCUT2D eigenvalue weighted by Crippen LogP contribution is 2.38. The number of hydrogen-bond donors (Lipinski definition) is 0. The number of benzene rings is 2. The van der Waals surface area contributed by atoms with Crippen molar-refractivity contribution in [3.8, 4) is 11.1 Å². The Morgan fingerprint density at radius 1 is 0.600 bits per heavy atom. The van der Waals surface area contributed by atoms with E-state index in [4.69, 9.17) is 0 Å². The molecule has 0 aromatic heterocycles. The molecule has 0 aliphatic heterocycles. The van der Waals surface area contributed by atoms with Gasteiger partial charge >= 0.3 is 0 Å². The van der Waals surface area contributed by atoms with E-state index >= 15 is 0 Å². The Morgan fingerprint density at radius 2 is 1.17 bits per heavy atom. The molecule has 0 bridgehead atoms. The van der Waals surface area contributed by atoms with E-state index in [2.05, 4.69) is 62.4 Å². The van der Waals surface area contributed by atoms with Crippen molar-refractivity contribution in [3.05, 3.63) is 59.7 Å². The molecule has 0 spiro atoms. The molecule has 1 aliphatic carbocycles. The lowest BCUT2D eigenvalue weighted by molar-refractivity contribution is 0.302. The van der Waals surface area contributed by atoms with Crippen LogP contribution in [0.3, 0.4) is 0 Å². The van der Waals surface area contributed by atoms with E-state index in [9.17, 15) is 0 Å². The molecule has 164 valence electrons. The Hall–Kier alpha value is -1.56. The maximum atomic E-state index is 2.40. The molecular weight excluding hydrogens is 360 g/mol. The largest absolute Gasteiger partial charge is 0.0654 e. The number of aryl methyl sites for hydroxylation is 1. The van der Waals surface area contributed by atoms with Gasteiger partial charge in [-0.2, -0.15) is 0 Å². The van der Waals surface area contributed by atoms with Crippen molar-refractivity contribution < 1.29 is 0 Å². The first kappa shape index (κ1) is 23.1. The van der Waals surface area contributed by atoms with Crippen molar-refractivity contribution in [2.45, 2.75) is 110 Å². The Morgan fingerprint density at radius 3 is 1.77 bits per heavy atom. The Kier molecular flexibility index (Phi) is 10.0. The highest BCUT2D eigenvalue weighted by Gasteiger charge is 2.22. The summed E-state index contributed by atoms with van der Waals surface area (Å²) in [5.41, 5.74) is 5.72. The lowest BCUT2D eigenvalue weighted by Gasteiger charge is -2.29. The van der Waals surface area contributed by atoms with Gasteiger partial charge in [-0.3, -0.25) is 0 Å². The third kappa shape index (κ3) is 7.29. The first-order valence-corrected chi connectivity index (χ1v) is 13.0. The third-order valence-corrected chi connectivity index (χ3v) is 7.27. The van der Waals surface area contributed by atoms with Crippen LogP contribution in [-0.2, 0) is 6.42 Å². The van der Waals surface area contributed by atoms with Gasteiger partial charge in [-0.15, -0.1) is 0 Å². The fraction of sp³-hybridized carbons (Fsp3) is 0.600. The Labute approximate surface area is 186 Å². The SMILES string of the molecule is CCCCCCCCCC1CCC(c2ccc(-c3ccc(CCC)cc3)cc2)CC1. The van der Waals surface area contributed by atoms with E-state index in [1.54, 1.807) is 5.56 Å². The van der Waals surface area contributed by atoms with Gasteiger partial charge in [-0.1, -0.05) is 120 Å². The van der Waals surface area contributed by atoms with Gasteiger partial charge in [0.25, 0.3) is 0 Å². The molecule has 0 heteroatoms. The van der Waals surface area contributed by atoms with Crippen molar-refractivity contribution in [3.63, 3.8) is 0 Å². The standard InChI is InChI=1S/C30H44/c1-3-5-6-7-8-9-10-12-26-15-19-28(20-16-26)30-23-21-29(22-24-30)27-17-13-25(11-4-2)14-18-27/h13-14,17-18,21-24,26,28H,3-12,15-16,19-20H2,1-2H3. The molecule has 1 saturated carbocycles. The van der Waals surface area contributed by atoms with E-state index in [1.807, 2.05) is 0 Å². The average Bonchev–Trinajstić information content (AvgIpc) is 2.80. The maximum Gasteiger partial charge on any atom is -0.0162 e. The number of rotatable bonds is 12. The number of hydrogen-bond acceptors (Lipinski definition) is 0. The topological polar surface area (TPSA) is 0 Å². The lowest BCUT2D eigenvalue weighted by atomic mass is 9.77. The van der Waals surface area contributed by atoms with E-state index in [0.717, 1.165) is 11.8 Å². The van der Waals surface area contributed by atoms with Gasteiger partial charge < -0.3 is 0 Å². The molecule has 1 aliphatic rings. The highest BCUT2D eigenvalue weighted by molar-refractivity contribution is 5.64. The molecule has 0 N–H and O–H groups in total. The second-order valence-corrected chi connectivity index (χ2v) is 9.70. The van der Waals surface area contributed by atoms with E-state index in [1.165, 1.54) is 107 Å². The molecule has 0 radical (unpaired) electrons. The van der Waals surface area contributed by atoms with Gasteiger partial charge in [0, 0.05) is 0 Å². The summed E-state index contributed by atoms with van der Waals surface area (Å²) in [6.07, 6.45) is 19.6. The molecule has 30 heavy (non-hydrogen) atoms. The molecule has 0 atom stereocenters. The second-order valence-electron chi connectivity index (χ2n) is 9.70. The predicted octanol–water partition coefficient (Wildman–Crippen LogP) is 9.72. The van der Waals surface area contributed by atoms with Crippen LogP contribution < -0.4 is 0 Å². The summed E-state index contributed by atoms with van der Waals surface area (Å²) in [6, 6.07) is 18.6. The van der Waals surface area contributed by atoms with Crippen molar-refractivity contribution >= 4 is 0 Å². The fourth-order valence-electron chi connectivity index (χ4n) is 5.27. The zero-order valence-electron chi connectivity index (χ0n) is 19.7. The molecule has 2 aromatic carbocycles. The first-order valence-electron chi connectivity index (χ1n) is 13.0. The van der Waals surface area contributed by atoms with Crippen molar-refractivity contribution in [2.24, 2.45) is 5.92 Å². The molecule has 2 aromatic rings. The summed E-state index contributed by atoms with van der Waals surface area (Å²) < 4.78 is 0. The average molecular weight is 405 g/mol.